The molecule has 0 aromatic rings. The van der Waals surface area contributed by atoms with Gasteiger partial charge in [0.05, 0.1) is 0 Å². The topological polar surface area (TPSA) is 37.3 Å². The van der Waals surface area contributed by atoms with Crippen LogP contribution in [0.3, 0.4) is 0 Å². The van der Waals surface area contributed by atoms with Crippen molar-refractivity contribution in [3.05, 3.63) is 0 Å². The zero-order chi connectivity index (χ0) is 11.7. The van der Waals surface area contributed by atoms with E-state index in [1.807, 2.05) is 0 Å². The van der Waals surface area contributed by atoms with Gasteiger partial charge >= 0.3 is 0 Å². The first kappa shape index (κ1) is 19.0. The molecule has 0 aliphatic carbocycles. The van der Waals surface area contributed by atoms with Gasteiger partial charge < -0.3 is 4.89 Å². The summed E-state index contributed by atoms with van der Waals surface area (Å²) >= 11 is 0. The number of rotatable bonds is 9. The van der Waals surface area contributed by atoms with E-state index >= 15 is 0 Å². The largest absolute Gasteiger partial charge is 0.344 e. The van der Waals surface area contributed by atoms with E-state index in [0.29, 0.717) is 18.2 Å². The molecule has 1 N–H and O–H groups in total. The van der Waals surface area contributed by atoms with Gasteiger partial charge in [0.15, 0.2) is 0 Å². The summed E-state index contributed by atoms with van der Waals surface area (Å²) in [6.07, 6.45) is 7.48. The zero-order valence-electron chi connectivity index (χ0n) is 10.9. The molecule has 4 heteroatoms. The first-order valence-corrected chi connectivity index (χ1v) is 8.39. The van der Waals surface area contributed by atoms with Crippen LogP contribution in [0.25, 0.3) is 0 Å². The van der Waals surface area contributed by atoms with E-state index in [-0.39, 0.29) is 16.5 Å². The Morgan fingerprint density at radius 1 is 1.12 bits per heavy atom. The van der Waals surface area contributed by atoms with Crippen molar-refractivity contribution < 1.29 is 25.9 Å². The summed E-state index contributed by atoms with van der Waals surface area (Å²) in [4.78, 5) is 9.80. The molecule has 0 amide bonds. The van der Waals surface area contributed by atoms with E-state index in [4.69, 9.17) is 0 Å². The Bertz CT molecular complexity index is 197. The van der Waals surface area contributed by atoms with E-state index in [1.54, 1.807) is 0 Å². The summed E-state index contributed by atoms with van der Waals surface area (Å²) in [7, 11) is -2.82. The number of unbranched alkanes of at least 4 members (excludes halogenated alkanes) is 2. The third-order valence-electron chi connectivity index (χ3n) is 2.95. The Morgan fingerprint density at radius 2 is 1.69 bits per heavy atom. The second-order valence-electron chi connectivity index (χ2n) is 4.52. The van der Waals surface area contributed by atoms with Crippen LogP contribution in [0.5, 0.6) is 0 Å². The maximum atomic E-state index is 11.9. The van der Waals surface area contributed by atoms with Crippen LogP contribution in [0.2, 0.25) is 0 Å². The fourth-order valence-corrected chi connectivity index (χ4v) is 4.06. The fourth-order valence-electron chi connectivity index (χ4n) is 1.82. The zero-order valence-corrected chi connectivity index (χ0v) is 12.7. The quantitative estimate of drug-likeness (QED) is 0.509. The summed E-state index contributed by atoms with van der Waals surface area (Å²) < 4.78 is 11.9. The Labute approximate surface area is 111 Å². The van der Waals surface area contributed by atoms with E-state index in [9.17, 15) is 9.46 Å². The maximum Gasteiger partial charge on any atom is 0.200 e. The Balaban J connectivity index is 0. The summed E-state index contributed by atoms with van der Waals surface area (Å²) in [5.74, 6) is 0.456. The number of hydrogen-bond donors (Lipinski definition) is 1. The number of hydrogen-bond acceptors (Lipinski definition) is 1. The third kappa shape index (κ3) is 9.88. The van der Waals surface area contributed by atoms with Crippen molar-refractivity contribution in [2.75, 3.05) is 12.3 Å². The normalized spacial score (nSPS) is 16.2. The average Bonchev–Trinajstić information content (AvgIpc) is 2.21. The molecule has 0 aliphatic heterocycles. The maximum absolute atomic E-state index is 11.9. The van der Waals surface area contributed by atoms with Crippen molar-refractivity contribution in [1.29, 1.82) is 0 Å². The first-order valence-electron chi connectivity index (χ1n) is 6.36. The molecule has 102 valence electrons. The molecule has 0 spiro atoms. The van der Waals surface area contributed by atoms with Gasteiger partial charge in [-0.2, -0.15) is 0 Å². The molecular weight excluding hydrogens is 266 g/mol. The minimum atomic E-state index is -2.82. The fraction of sp³-hybridized carbons (Fsp3) is 1.00. The van der Waals surface area contributed by atoms with Crippen molar-refractivity contribution in [2.24, 2.45) is 5.92 Å². The van der Waals surface area contributed by atoms with Crippen LogP contribution in [0.15, 0.2) is 0 Å². The molecule has 0 heterocycles. The predicted molar refractivity (Wildman–Crippen MR) is 67.8 cm³/mol. The minimum Gasteiger partial charge on any atom is -0.344 e. The smallest absolute Gasteiger partial charge is 0.200 e. The summed E-state index contributed by atoms with van der Waals surface area (Å²) in [5, 5.41) is 0. The average molecular weight is 293 g/mol. The van der Waals surface area contributed by atoms with Crippen LogP contribution in [0.1, 0.15) is 59.3 Å². The second-order valence-corrected chi connectivity index (χ2v) is 7.03. The van der Waals surface area contributed by atoms with Crippen LogP contribution in [-0.2, 0) is 21.1 Å². The van der Waals surface area contributed by atoms with Crippen LogP contribution < -0.4 is 0 Å². The molecule has 0 aromatic carbocycles. The molecule has 2 atom stereocenters. The van der Waals surface area contributed by atoms with Gasteiger partial charge in [-0.25, -0.2) is 0 Å². The molecule has 0 aliphatic rings. The van der Waals surface area contributed by atoms with E-state index < -0.39 is 7.37 Å². The van der Waals surface area contributed by atoms with E-state index in [0.717, 1.165) is 25.7 Å². The minimum absolute atomic E-state index is 0. The SMILES string of the molecule is CCCCC(CC)CP(=O)(O)CCCC.[Ni]. The second kappa shape index (κ2) is 10.8. The summed E-state index contributed by atoms with van der Waals surface area (Å²) in [6.45, 7) is 6.36. The van der Waals surface area contributed by atoms with Crippen molar-refractivity contribution >= 4 is 7.37 Å². The molecule has 0 radical (unpaired) electrons. The van der Waals surface area contributed by atoms with Crippen LogP contribution in [0, 0.1) is 5.92 Å². The van der Waals surface area contributed by atoms with E-state index in [2.05, 4.69) is 20.8 Å². The van der Waals surface area contributed by atoms with Gasteiger partial charge in [0.2, 0.25) is 7.37 Å². The monoisotopic (exact) mass is 292 g/mol. The summed E-state index contributed by atoms with van der Waals surface area (Å²) in [5.41, 5.74) is 0. The summed E-state index contributed by atoms with van der Waals surface area (Å²) in [6, 6.07) is 0. The predicted octanol–water partition coefficient (Wildman–Crippen LogP) is 4.27. The van der Waals surface area contributed by atoms with Crippen LogP contribution in [-0.4, -0.2) is 17.2 Å². The van der Waals surface area contributed by atoms with Crippen molar-refractivity contribution in [3.8, 4) is 0 Å². The molecule has 2 nitrogen and oxygen atoms in total. The molecule has 0 rings (SSSR count). The molecule has 0 saturated carbocycles. The van der Waals surface area contributed by atoms with Crippen LogP contribution in [0.4, 0.5) is 0 Å². The molecule has 0 fully saturated rings. The standard InChI is InChI=1S/C12H27O2P.Ni/c1-4-7-9-12(6-3)11-15(13,14)10-8-5-2;/h12H,4-11H2,1-3H3,(H,13,14);. The van der Waals surface area contributed by atoms with Gasteiger partial charge in [0.25, 0.3) is 0 Å². The molecule has 16 heavy (non-hydrogen) atoms. The molecule has 2 unspecified atom stereocenters. The van der Waals surface area contributed by atoms with Gasteiger partial charge in [-0.3, -0.25) is 4.57 Å². The Hall–Kier alpha value is 0.684. The van der Waals surface area contributed by atoms with E-state index in [1.165, 1.54) is 12.8 Å². The van der Waals surface area contributed by atoms with Gasteiger partial charge in [-0.05, 0) is 18.8 Å². The molecule has 0 aromatic heterocycles. The Morgan fingerprint density at radius 3 is 2.12 bits per heavy atom. The van der Waals surface area contributed by atoms with Crippen molar-refractivity contribution in [2.45, 2.75) is 59.3 Å². The third-order valence-corrected chi connectivity index (χ3v) is 5.05. The van der Waals surface area contributed by atoms with Crippen molar-refractivity contribution in [1.82, 2.24) is 0 Å². The van der Waals surface area contributed by atoms with Gasteiger partial charge in [0.1, 0.15) is 0 Å². The molecular formula is C12H27NiO2P. The first-order chi connectivity index (χ1) is 7.05. The van der Waals surface area contributed by atoms with Crippen molar-refractivity contribution in [3.63, 3.8) is 0 Å². The van der Waals surface area contributed by atoms with Gasteiger partial charge in [-0.15, -0.1) is 0 Å². The van der Waals surface area contributed by atoms with Gasteiger partial charge in [-0.1, -0.05) is 46.5 Å². The molecule has 0 bridgehead atoms. The molecule has 0 saturated heterocycles. The van der Waals surface area contributed by atoms with Crippen LogP contribution >= 0.6 is 7.37 Å². The Kier molecular flexibility index (Phi) is 12.9. The van der Waals surface area contributed by atoms with Gasteiger partial charge in [0, 0.05) is 28.8 Å².